The summed E-state index contributed by atoms with van der Waals surface area (Å²) in [4.78, 5) is 10.3. The van der Waals surface area contributed by atoms with Crippen LogP contribution in [0.25, 0.3) is 0 Å². The molecule has 0 amide bonds. The molecule has 0 aliphatic heterocycles. The molecule has 0 unspecified atom stereocenters. The normalized spacial score (nSPS) is 12.9. The molecule has 0 radical (unpaired) electrons. The van der Waals surface area contributed by atoms with E-state index in [1.807, 2.05) is 12.2 Å². The van der Waals surface area contributed by atoms with E-state index in [1.165, 1.54) is 31.8 Å². The molecule has 0 atom stereocenters. The fourth-order valence-electron chi connectivity index (χ4n) is 1.97. The Morgan fingerprint density at radius 1 is 0.870 bits per heavy atom. The van der Waals surface area contributed by atoms with Crippen molar-refractivity contribution < 1.29 is 14.3 Å². The van der Waals surface area contributed by atoms with Crippen LogP contribution in [0.4, 0.5) is 4.39 Å². The maximum absolute atomic E-state index is 13.3. The third-order valence-corrected chi connectivity index (χ3v) is 3.30. The van der Waals surface area contributed by atoms with Crippen molar-refractivity contribution in [2.75, 3.05) is 0 Å². The molecule has 130 valence electrons. The highest BCUT2D eigenvalue weighted by molar-refractivity contribution is 5.66. The first-order chi connectivity index (χ1) is 11.2. The van der Waals surface area contributed by atoms with Gasteiger partial charge < -0.3 is 5.11 Å². The van der Waals surface area contributed by atoms with Crippen molar-refractivity contribution in [3.63, 3.8) is 0 Å². The molecule has 0 spiro atoms. The lowest BCUT2D eigenvalue weighted by molar-refractivity contribution is -0.137. The van der Waals surface area contributed by atoms with Gasteiger partial charge in [0.2, 0.25) is 0 Å². The Balaban J connectivity index is 3.58. The molecule has 0 bridgehead atoms. The fourth-order valence-corrected chi connectivity index (χ4v) is 1.97. The van der Waals surface area contributed by atoms with Gasteiger partial charge in [0.1, 0.15) is 0 Å². The second-order valence-corrected chi connectivity index (χ2v) is 5.52. The maximum Gasteiger partial charge on any atom is 0.303 e. The Bertz CT molecular complexity index is 406. The van der Waals surface area contributed by atoms with Crippen LogP contribution in [0.1, 0.15) is 71.1 Å². The van der Waals surface area contributed by atoms with E-state index in [0.29, 0.717) is 12.8 Å². The highest BCUT2D eigenvalue weighted by Gasteiger charge is 1.98. The molecule has 0 aromatic rings. The molecular weight excluding hydrogens is 291 g/mol. The summed E-state index contributed by atoms with van der Waals surface area (Å²) in [6.07, 6.45) is 22.2. The standard InChI is InChI=1S/C20H31FO2/c1-2-3-4-5-6-7-8-9-10-11-12-13-14-16-19(21)17-15-18-20(22)23/h6-7,9-10,12-13,16H,2-5,8,11,14-15,17-18H2,1H3,(H,22,23). The third kappa shape index (κ3) is 18.3. The number of rotatable bonds is 14. The summed E-state index contributed by atoms with van der Waals surface area (Å²) in [5.41, 5.74) is 0. The number of unbranched alkanes of at least 4 members (excludes halogenated alkanes) is 3. The van der Waals surface area contributed by atoms with E-state index in [0.717, 1.165) is 12.8 Å². The van der Waals surface area contributed by atoms with Gasteiger partial charge in [0.25, 0.3) is 0 Å². The van der Waals surface area contributed by atoms with Crippen molar-refractivity contribution in [1.29, 1.82) is 0 Å². The number of hydrogen-bond acceptors (Lipinski definition) is 1. The van der Waals surface area contributed by atoms with Gasteiger partial charge in [-0.3, -0.25) is 4.79 Å². The van der Waals surface area contributed by atoms with Crippen molar-refractivity contribution in [2.45, 2.75) is 71.1 Å². The van der Waals surface area contributed by atoms with E-state index >= 15 is 0 Å². The molecular formula is C20H31FO2. The monoisotopic (exact) mass is 322 g/mol. The number of allylic oxidation sites excluding steroid dienone is 8. The smallest absolute Gasteiger partial charge is 0.303 e. The SMILES string of the molecule is CCCCCC=CCC=CCC=CCC=C(F)CCCC(=O)O. The second kappa shape index (κ2) is 16.7. The quantitative estimate of drug-likeness (QED) is 0.292. The molecule has 0 heterocycles. The van der Waals surface area contributed by atoms with Gasteiger partial charge in [-0.25, -0.2) is 4.39 Å². The predicted molar refractivity (Wildman–Crippen MR) is 96.1 cm³/mol. The summed E-state index contributed by atoms with van der Waals surface area (Å²) in [6.45, 7) is 2.21. The van der Waals surface area contributed by atoms with Gasteiger partial charge in [-0.1, -0.05) is 56.2 Å². The number of aliphatic carboxylic acids is 1. The molecule has 0 aliphatic carbocycles. The number of hydrogen-bond donors (Lipinski definition) is 1. The van der Waals surface area contributed by atoms with E-state index in [2.05, 4.69) is 31.2 Å². The van der Waals surface area contributed by atoms with Gasteiger partial charge in [-0.05, 0) is 51.0 Å². The summed E-state index contributed by atoms with van der Waals surface area (Å²) in [5.74, 6) is -1.10. The lowest BCUT2D eigenvalue weighted by atomic mass is 10.2. The van der Waals surface area contributed by atoms with Gasteiger partial charge >= 0.3 is 5.97 Å². The van der Waals surface area contributed by atoms with Crippen LogP contribution in [-0.4, -0.2) is 11.1 Å². The molecule has 0 saturated carbocycles. The Hall–Kier alpha value is -1.64. The summed E-state index contributed by atoms with van der Waals surface area (Å²) in [5, 5.41) is 8.46. The molecule has 0 aliphatic rings. The molecule has 2 nitrogen and oxygen atoms in total. The van der Waals surface area contributed by atoms with E-state index < -0.39 is 5.97 Å². The number of carboxylic acid groups (broad SMARTS) is 1. The van der Waals surface area contributed by atoms with Crippen molar-refractivity contribution in [2.24, 2.45) is 0 Å². The summed E-state index contributed by atoms with van der Waals surface area (Å²) in [6, 6.07) is 0. The summed E-state index contributed by atoms with van der Waals surface area (Å²) < 4.78 is 13.3. The van der Waals surface area contributed by atoms with E-state index in [9.17, 15) is 9.18 Å². The van der Waals surface area contributed by atoms with Crippen LogP contribution in [0.2, 0.25) is 0 Å². The first-order valence-electron chi connectivity index (χ1n) is 8.68. The van der Waals surface area contributed by atoms with Crippen LogP contribution in [-0.2, 0) is 4.79 Å². The predicted octanol–water partition coefficient (Wildman–Crippen LogP) is 6.51. The van der Waals surface area contributed by atoms with Gasteiger partial charge in [-0.2, -0.15) is 0 Å². The minimum atomic E-state index is -0.875. The second-order valence-electron chi connectivity index (χ2n) is 5.52. The topological polar surface area (TPSA) is 37.3 Å². The van der Waals surface area contributed by atoms with Gasteiger partial charge in [-0.15, -0.1) is 0 Å². The zero-order valence-corrected chi connectivity index (χ0v) is 14.3. The molecule has 0 rings (SSSR count). The van der Waals surface area contributed by atoms with Gasteiger partial charge in [0.05, 0.1) is 5.83 Å². The fraction of sp³-hybridized carbons (Fsp3) is 0.550. The van der Waals surface area contributed by atoms with Crippen molar-refractivity contribution in [1.82, 2.24) is 0 Å². The maximum atomic E-state index is 13.3. The van der Waals surface area contributed by atoms with Crippen LogP contribution in [0.5, 0.6) is 0 Å². The van der Waals surface area contributed by atoms with Crippen LogP contribution in [0, 0.1) is 0 Å². The Morgan fingerprint density at radius 2 is 1.48 bits per heavy atom. The van der Waals surface area contributed by atoms with Crippen LogP contribution < -0.4 is 0 Å². The lowest BCUT2D eigenvalue weighted by Gasteiger charge is -1.94. The molecule has 1 N–H and O–H groups in total. The number of carboxylic acids is 1. The zero-order chi connectivity index (χ0) is 17.2. The average molecular weight is 322 g/mol. The lowest BCUT2D eigenvalue weighted by Crippen LogP contribution is -1.93. The summed E-state index contributed by atoms with van der Waals surface area (Å²) in [7, 11) is 0. The minimum absolute atomic E-state index is 0.0228. The van der Waals surface area contributed by atoms with Gasteiger partial charge in [0.15, 0.2) is 0 Å². The van der Waals surface area contributed by atoms with Crippen molar-refractivity contribution in [3.05, 3.63) is 48.4 Å². The van der Waals surface area contributed by atoms with Gasteiger partial charge in [0, 0.05) is 6.42 Å². The molecule has 23 heavy (non-hydrogen) atoms. The molecule has 0 saturated heterocycles. The van der Waals surface area contributed by atoms with E-state index in [-0.39, 0.29) is 18.7 Å². The number of halogens is 1. The summed E-state index contributed by atoms with van der Waals surface area (Å²) >= 11 is 0. The highest BCUT2D eigenvalue weighted by atomic mass is 19.1. The Kier molecular flexibility index (Phi) is 15.5. The molecule has 3 heteroatoms. The largest absolute Gasteiger partial charge is 0.481 e. The Morgan fingerprint density at radius 3 is 2.09 bits per heavy atom. The Labute approximate surface area is 140 Å². The number of carbonyl (C=O) groups is 1. The third-order valence-electron chi connectivity index (χ3n) is 3.30. The van der Waals surface area contributed by atoms with Crippen LogP contribution >= 0.6 is 0 Å². The minimum Gasteiger partial charge on any atom is -0.481 e. The average Bonchev–Trinajstić information content (AvgIpc) is 2.51. The van der Waals surface area contributed by atoms with E-state index in [4.69, 9.17) is 5.11 Å². The van der Waals surface area contributed by atoms with Crippen molar-refractivity contribution in [3.8, 4) is 0 Å². The van der Waals surface area contributed by atoms with Crippen LogP contribution in [0.3, 0.4) is 0 Å². The van der Waals surface area contributed by atoms with Crippen LogP contribution in [0.15, 0.2) is 48.4 Å². The first-order valence-corrected chi connectivity index (χ1v) is 8.68. The first kappa shape index (κ1) is 21.4. The molecule has 0 aromatic carbocycles. The van der Waals surface area contributed by atoms with Crippen molar-refractivity contribution >= 4 is 5.97 Å². The van der Waals surface area contributed by atoms with E-state index in [1.54, 1.807) is 0 Å². The zero-order valence-electron chi connectivity index (χ0n) is 14.3. The molecule has 0 fully saturated rings. The molecule has 0 aromatic heterocycles. The highest BCUT2D eigenvalue weighted by Crippen LogP contribution is 2.10.